The van der Waals surface area contributed by atoms with Gasteiger partial charge in [0.25, 0.3) is 0 Å². The molecule has 8 nitrogen and oxygen atoms in total. The maximum absolute atomic E-state index is 12.5. The molecule has 2 aromatic rings. The number of benzene rings is 1. The Hall–Kier alpha value is -2.45. The highest BCUT2D eigenvalue weighted by Gasteiger charge is 2.21. The molecule has 29 heavy (non-hydrogen) atoms. The first kappa shape index (κ1) is 19.8. The molecule has 2 fully saturated rings. The lowest BCUT2D eigenvalue weighted by atomic mass is 9.88. The number of aromatic amines is 1. The molecule has 4 rings (SSSR count). The molecule has 1 aromatic carbocycles. The lowest BCUT2D eigenvalue weighted by Crippen LogP contribution is -2.42. The Labute approximate surface area is 169 Å². The fraction of sp³-hybridized carbons (Fsp3) is 0.571. The van der Waals surface area contributed by atoms with Gasteiger partial charge in [0.1, 0.15) is 0 Å². The van der Waals surface area contributed by atoms with Crippen molar-refractivity contribution in [3.63, 3.8) is 0 Å². The SMILES string of the molecule is C[C@H](Nc1nc(=O)n(C2CCOCC2)c(=O)[nH]1)c1cccc(C2CCNCC2)c1. The predicted octanol–water partition coefficient (Wildman–Crippen LogP) is 1.92. The van der Waals surface area contributed by atoms with E-state index in [2.05, 4.69) is 44.9 Å². The lowest BCUT2D eigenvalue weighted by molar-refractivity contribution is 0.0670. The molecule has 156 valence electrons. The highest BCUT2D eigenvalue weighted by atomic mass is 16.5. The second kappa shape index (κ2) is 8.92. The van der Waals surface area contributed by atoms with Crippen molar-refractivity contribution in [1.29, 1.82) is 0 Å². The van der Waals surface area contributed by atoms with Crippen LogP contribution in [-0.2, 0) is 4.74 Å². The molecule has 1 aromatic heterocycles. The number of hydrogen-bond donors (Lipinski definition) is 3. The van der Waals surface area contributed by atoms with E-state index in [-0.39, 0.29) is 18.0 Å². The van der Waals surface area contributed by atoms with Gasteiger partial charge in [-0.05, 0) is 62.7 Å². The first-order chi connectivity index (χ1) is 14.1. The van der Waals surface area contributed by atoms with E-state index in [9.17, 15) is 9.59 Å². The monoisotopic (exact) mass is 399 g/mol. The largest absolute Gasteiger partial charge is 0.381 e. The van der Waals surface area contributed by atoms with Crippen LogP contribution in [0.4, 0.5) is 5.95 Å². The van der Waals surface area contributed by atoms with Crippen LogP contribution in [0.5, 0.6) is 0 Å². The number of ether oxygens (including phenoxy) is 1. The third-order valence-electron chi connectivity index (χ3n) is 5.99. The van der Waals surface area contributed by atoms with E-state index >= 15 is 0 Å². The van der Waals surface area contributed by atoms with Crippen molar-refractivity contribution in [2.24, 2.45) is 0 Å². The van der Waals surface area contributed by atoms with Gasteiger partial charge in [-0.15, -0.1) is 0 Å². The van der Waals surface area contributed by atoms with E-state index < -0.39 is 11.4 Å². The van der Waals surface area contributed by atoms with Gasteiger partial charge in [0, 0.05) is 19.3 Å². The third kappa shape index (κ3) is 4.59. The van der Waals surface area contributed by atoms with Gasteiger partial charge in [-0.3, -0.25) is 4.98 Å². The van der Waals surface area contributed by atoms with Crippen molar-refractivity contribution in [3.05, 3.63) is 56.4 Å². The number of aromatic nitrogens is 3. The Kier molecular flexibility index (Phi) is 6.10. The summed E-state index contributed by atoms with van der Waals surface area (Å²) in [5.74, 6) is 0.785. The van der Waals surface area contributed by atoms with Gasteiger partial charge in [-0.1, -0.05) is 24.3 Å². The Bertz CT molecular complexity index is 911. The minimum Gasteiger partial charge on any atom is -0.381 e. The number of nitrogens with zero attached hydrogens (tertiary/aromatic N) is 2. The molecule has 0 bridgehead atoms. The molecule has 3 heterocycles. The summed E-state index contributed by atoms with van der Waals surface area (Å²) < 4.78 is 6.53. The van der Waals surface area contributed by atoms with Gasteiger partial charge in [-0.2, -0.15) is 4.98 Å². The number of hydrogen-bond acceptors (Lipinski definition) is 6. The van der Waals surface area contributed by atoms with Crippen LogP contribution in [0.3, 0.4) is 0 Å². The van der Waals surface area contributed by atoms with Gasteiger partial charge in [-0.25, -0.2) is 14.2 Å². The van der Waals surface area contributed by atoms with E-state index in [1.807, 2.05) is 6.92 Å². The fourth-order valence-electron chi connectivity index (χ4n) is 4.29. The van der Waals surface area contributed by atoms with Crippen LogP contribution in [0.1, 0.15) is 61.7 Å². The minimum atomic E-state index is -0.515. The summed E-state index contributed by atoms with van der Waals surface area (Å²) in [7, 11) is 0. The number of anilines is 1. The first-order valence-corrected chi connectivity index (χ1v) is 10.5. The number of H-pyrrole nitrogens is 1. The molecule has 0 saturated carbocycles. The molecule has 2 saturated heterocycles. The van der Waals surface area contributed by atoms with Gasteiger partial charge in [0.05, 0.1) is 6.04 Å². The molecule has 0 spiro atoms. The zero-order valence-corrected chi connectivity index (χ0v) is 16.8. The molecule has 0 amide bonds. The minimum absolute atomic E-state index is 0.0850. The number of rotatable bonds is 5. The quantitative estimate of drug-likeness (QED) is 0.710. The summed E-state index contributed by atoms with van der Waals surface area (Å²) >= 11 is 0. The highest BCUT2D eigenvalue weighted by Crippen LogP contribution is 2.28. The van der Waals surface area contributed by atoms with E-state index in [0.29, 0.717) is 32.0 Å². The molecule has 0 unspecified atom stereocenters. The molecule has 3 N–H and O–H groups in total. The molecule has 2 aliphatic heterocycles. The Morgan fingerprint density at radius 2 is 1.93 bits per heavy atom. The topological polar surface area (TPSA) is 101 Å². The Morgan fingerprint density at radius 1 is 1.17 bits per heavy atom. The molecule has 1 atom stereocenters. The van der Waals surface area contributed by atoms with Crippen LogP contribution < -0.4 is 22.0 Å². The lowest BCUT2D eigenvalue weighted by Gasteiger charge is -2.24. The van der Waals surface area contributed by atoms with Crippen molar-refractivity contribution in [1.82, 2.24) is 19.9 Å². The van der Waals surface area contributed by atoms with Crippen LogP contribution in [0, 0.1) is 0 Å². The van der Waals surface area contributed by atoms with Gasteiger partial charge in [0.2, 0.25) is 5.95 Å². The summed E-state index contributed by atoms with van der Waals surface area (Å²) in [6, 6.07) is 8.29. The predicted molar refractivity (Wildman–Crippen MR) is 112 cm³/mol. The van der Waals surface area contributed by atoms with Crippen LogP contribution in [0.2, 0.25) is 0 Å². The van der Waals surface area contributed by atoms with Crippen molar-refractivity contribution in [3.8, 4) is 0 Å². The van der Waals surface area contributed by atoms with Crippen LogP contribution in [0.15, 0.2) is 33.9 Å². The Balaban J connectivity index is 1.50. The summed E-state index contributed by atoms with van der Waals surface area (Å²) in [6.45, 7) is 5.22. The van der Waals surface area contributed by atoms with Gasteiger partial charge >= 0.3 is 11.4 Å². The maximum Gasteiger partial charge on any atom is 0.355 e. The van der Waals surface area contributed by atoms with Crippen molar-refractivity contribution in [2.75, 3.05) is 31.6 Å². The van der Waals surface area contributed by atoms with Gasteiger partial charge in [0.15, 0.2) is 0 Å². The zero-order valence-electron chi connectivity index (χ0n) is 16.8. The van der Waals surface area contributed by atoms with E-state index in [0.717, 1.165) is 31.5 Å². The van der Waals surface area contributed by atoms with E-state index in [4.69, 9.17) is 4.74 Å². The third-order valence-corrected chi connectivity index (χ3v) is 5.99. The van der Waals surface area contributed by atoms with E-state index in [1.165, 1.54) is 10.1 Å². The van der Waals surface area contributed by atoms with Crippen molar-refractivity contribution >= 4 is 5.95 Å². The normalized spacial score (nSPS) is 19.8. The highest BCUT2D eigenvalue weighted by molar-refractivity contribution is 5.34. The maximum atomic E-state index is 12.5. The smallest absolute Gasteiger partial charge is 0.355 e. The summed E-state index contributed by atoms with van der Waals surface area (Å²) in [6.07, 6.45) is 3.59. The average molecular weight is 399 g/mol. The number of piperidine rings is 1. The van der Waals surface area contributed by atoms with Gasteiger partial charge < -0.3 is 15.4 Å². The second-order valence-electron chi connectivity index (χ2n) is 7.95. The van der Waals surface area contributed by atoms with E-state index in [1.54, 1.807) is 0 Å². The van der Waals surface area contributed by atoms with Crippen molar-refractivity contribution < 1.29 is 4.74 Å². The summed E-state index contributed by atoms with van der Waals surface area (Å²) in [4.78, 5) is 31.8. The summed E-state index contributed by atoms with van der Waals surface area (Å²) in [5.41, 5.74) is 1.51. The van der Waals surface area contributed by atoms with Crippen LogP contribution in [0.25, 0.3) is 0 Å². The van der Waals surface area contributed by atoms with Crippen molar-refractivity contribution in [2.45, 2.75) is 50.6 Å². The van der Waals surface area contributed by atoms with Crippen LogP contribution >= 0.6 is 0 Å². The molecule has 2 aliphatic rings. The number of nitrogens with one attached hydrogen (secondary N) is 3. The molecular weight excluding hydrogens is 370 g/mol. The molecule has 0 aliphatic carbocycles. The fourth-order valence-corrected chi connectivity index (χ4v) is 4.29. The molecule has 8 heteroatoms. The zero-order chi connectivity index (χ0) is 20.2. The Morgan fingerprint density at radius 3 is 2.66 bits per heavy atom. The first-order valence-electron chi connectivity index (χ1n) is 10.5. The molecule has 0 radical (unpaired) electrons. The average Bonchev–Trinajstić information content (AvgIpc) is 2.75. The summed E-state index contributed by atoms with van der Waals surface area (Å²) in [5, 5.41) is 6.58. The molecular formula is C21H29N5O3. The standard InChI is InChI=1S/C21H29N5O3/c1-14(16-3-2-4-17(13-16)15-5-9-22-10-6-15)23-19-24-20(27)26(21(28)25-19)18-7-11-29-12-8-18/h2-4,13-15,18,22H,5-12H2,1H3,(H2,23,24,25,27,28)/t14-/m0/s1. The second-order valence-corrected chi connectivity index (χ2v) is 7.95. The van der Waals surface area contributed by atoms with Crippen LogP contribution in [-0.4, -0.2) is 40.8 Å².